The lowest BCUT2D eigenvalue weighted by atomic mass is 10.2. The fourth-order valence-corrected chi connectivity index (χ4v) is 2.28. The molecule has 1 aromatic rings. The van der Waals surface area contributed by atoms with Gasteiger partial charge in [0.1, 0.15) is 9.88 Å². The van der Waals surface area contributed by atoms with E-state index in [1.165, 1.54) is 0 Å². The van der Waals surface area contributed by atoms with E-state index in [1.54, 1.807) is 0 Å². The largest absolute Gasteiger partial charge is 0.397 e. The summed E-state index contributed by atoms with van der Waals surface area (Å²) in [6.45, 7) is 4.68. The Morgan fingerprint density at radius 1 is 1.29 bits per heavy atom. The van der Waals surface area contributed by atoms with Crippen LogP contribution in [0.15, 0.2) is 0 Å². The Morgan fingerprint density at radius 2 is 1.88 bits per heavy atom. The van der Waals surface area contributed by atoms with Crippen LogP contribution in [-0.4, -0.2) is 18.4 Å². The van der Waals surface area contributed by atoms with Crippen LogP contribution in [-0.2, 0) is 0 Å². The topological polar surface area (TPSA) is 124 Å². The van der Waals surface area contributed by atoms with Crippen molar-refractivity contribution in [3.8, 4) is 0 Å². The standard InChI is InChI=1S/C10H16N4O2S/c1-4(2)3-14-10-5(8(12)15)6(11)7(17-10)9(13)16/h4,14H,3,11H2,1-2H3,(H2,12,15)(H2,13,16). The summed E-state index contributed by atoms with van der Waals surface area (Å²) in [5.41, 5.74) is 16.3. The van der Waals surface area contributed by atoms with Crippen molar-refractivity contribution < 1.29 is 9.59 Å². The third kappa shape index (κ3) is 2.88. The Bertz CT molecular complexity index is 453. The molecule has 6 nitrogen and oxygen atoms in total. The van der Waals surface area contributed by atoms with Crippen LogP contribution >= 0.6 is 11.3 Å². The molecule has 0 aliphatic rings. The van der Waals surface area contributed by atoms with Gasteiger partial charge in [-0.1, -0.05) is 13.8 Å². The number of nitrogens with one attached hydrogen (secondary N) is 1. The highest BCUT2D eigenvalue weighted by Gasteiger charge is 2.22. The van der Waals surface area contributed by atoms with Crippen molar-refractivity contribution >= 4 is 33.8 Å². The van der Waals surface area contributed by atoms with Gasteiger partial charge in [-0.3, -0.25) is 9.59 Å². The molecule has 94 valence electrons. The van der Waals surface area contributed by atoms with Gasteiger partial charge in [0, 0.05) is 6.54 Å². The zero-order valence-corrected chi connectivity index (χ0v) is 10.6. The van der Waals surface area contributed by atoms with Crippen LogP contribution in [0, 0.1) is 5.92 Å². The molecule has 7 N–H and O–H groups in total. The van der Waals surface area contributed by atoms with E-state index >= 15 is 0 Å². The molecular weight excluding hydrogens is 240 g/mol. The molecule has 2 amide bonds. The Kier molecular flexibility index (Phi) is 3.95. The van der Waals surface area contributed by atoms with E-state index < -0.39 is 11.8 Å². The molecule has 0 bridgehead atoms. The van der Waals surface area contributed by atoms with Crippen molar-refractivity contribution in [2.24, 2.45) is 17.4 Å². The first-order chi connectivity index (χ1) is 7.84. The molecule has 0 aliphatic heterocycles. The number of thiophene rings is 1. The quantitative estimate of drug-likeness (QED) is 0.615. The molecule has 0 aliphatic carbocycles. The summed E-state index contributed by atoms with van der Waals surface area (Å²) in [4.78, 5) is 22.6. The molecule has 0 atom stereocenters. The third-order valence-electron chi connectivity index (χ3n) is 2.09. The molecule has 0 aromatic carbocycles. The highest BCUT2D eigenvalue weighted by molar-refractivity contribution is 7.19. The zero-order chi connectivity index (χ0) is 13.2. The highest BCUT2D eigenvalue weighted by Crippen LogP contribution is 2.35. The average Bonchev–Trinajstić information content (AvgIpc) is 2.52. The number of anilines is 2. The Balaban J connectivity index is 3.14. The minimum Gasteiger partial charge on any atom is -0.397 e. The van der Waals surface area contributed by atoms with E-state index in [2.05, 4.69) is 5.32 Å². The molecule has 0 unspecified atom stereocenters. The average molecular weight is 256 g/mol. The summed E-state index contributed by atoms with van der Waals surface area (Å²) in [7, 11) is 0. The molecule has 0 spiro atoms. The van der Waals surface area contributed by atoms with E-state index in [-0.39, 0.29) is 16.1 Å². The van der Waals surface area contributed by atoms with Crippen LogP contribution in [0.1, 0.15) is 33.9 Å². The molecular formula is C10H16N4O2S. The van der Waals surface area contributed by atoms with Crippen LogP contribution in [0.4, 0.5) is 10.7 Å². The highest BCUT2D eigenvalue weighted by atomic mass is 32.1. The van der Waals surface area contributed by atoms with Gasteiger partial charge in [-0.15, -0.1) is 11.3 Å². The number of rotatable bonds is 5. The summed E-state index contributed by atoms with van der Waals surface area (Å²) in [5, 5.41) is 3.54. The van der Waals surface area contributed by atoms with Gasteiger partial charge in [0.05, 0.1) is 11.3 Å². The number of nitrogen functional groups attached to an aromatic ring is 1. The molecule has 0 radical (unpaired) electrons. The number of carbonyl (C=O) groups is 2. The number of carbonyl (C=O) groups excluding carboxylic acids is 2. The maximum atomic E-state index is 11.3. The fourth-order valence-electron chi connectivity index (χ4n) is 1.29. The van der Waals surface area contributed by atoms with E-state index in [0.29, 0.717) is 17.5 Å². The number of hydrogen-bond acceptors (Lipinski definition) is 5. The lowest BCUT2D eigenvalue weighted by Crippen LogP contribution is -2.17. The first-order valence-corrected chi connectivity index (χ1v) is 5.92. The van der Waals surface area contributed by atoms with Crippen LogP contribution in [0.25, 0.3) is 0 Å². The molecule has 17 heavy (non-hydrogen) atoms. The van der Waals surface area contributed by atoms with Gasteiger partial charge in [-0.25, -0.2) is 0 Å². The molecule has 1 aromatic heterocycles. The summed E-state index contributed by atoms with van der Waals surface area (Å²) in [5.74, 6) is -0.943. The normalized spacial score (nSPS) is 10.5. The summed E-state index contributed by atoms with van der Waals surface area (Å²) < 4.78 is 0. The lowest BCUT2D eigenvalue weighted by Gasteiger charge is -2.07. The second-order valence-corrected chi connectivity index (χ2v) is 5.07. The fraction of sp³-hybridized carbons (Fsp3) is 0.400. The first-order valence-electron chi connectivity index (χ1n) is 5.10. The zero-order valence-electron chi connectivity index (χ0n) is 9.74. The Labute approximate surface area is 103 Å². The van der Waals surface area contributed by atoms with Crippen molar-refractivity contribution in [3.63, 3.8) is 0 Å². The maximum absolute atomic E-state index is 11.3. The molecule has 7 heteroatoms. The van der Waals surface area contributed by atoms with E-state index in [9.17, 15) is 9.59 Å². The minimum absolute atomic E-state index is 0.0567. The van der Waals surface area contributed by atoms with Crippen molar-refractivity contribution in [2.45, 2.75) is 13.8 Å². The number of nitrogens with two attached hydrogens (primary N) is 3. The summed E-state index contributed by atoms with van der Waals surface area (Å²) in [6.07, 6.45) is 0. The lowest BCUT2D eigenvalue weighted by molar-refractivity contribution is 0.0999. The van der Waals surface area contributed by atoms with Crippen molar-refractivity contribution in [1.82, 2.24) is 0 Å². The molecule has 0 saturated carbocycles. The minimum atomic E-state index is -0.669. The van der Waals surface area contributed by atoms with Gasteiger partial charge in [-0.2, -0.15) is 0 Å². The van der Waals surface area contributed by atoms with Gasteiger partial charge in [-0.05, 0) is 5.92 Å². The molecule has 1 rings (SSSR count). The molecule has 0 fully saturated rings. The smallest absolute Gasteiger partial charge is 0.260 e. The molecule has 1 heterocycles. The van der Waals surface area contributed by atoms with Gasteiger partial charge in [0.2, 0.25) is 0 Å². The van der Waals surface area contributed by atoms with Crippen molar-refractivity contribution in [3.05, 3.63) is 10.4 Å². The molecule has 0 saturated heterocycles. The van der Waals surface area contributed by atoms with Gasteiger partial charge in [0.25, 0.3) is 11.8 Å². The van der Waals surface area contributed by atoms with Gasteiger partial charge >= 0.3 is 0 Å². The second-order valence-electron chi connectivity index (χ2n) is 4.05. The second kappa shape index (κ2) is 5.05. The Hall–Kier alpha value is -1.76. The number of primary amides is 2. The van der Waals surface area contributed by atoms with Crippen LogP contribution in [0.3, 0.4) is 0 Å². The Morgan fingerprint density at radius 3 is 2.29 bits per heavy atom. The maximum Gasteiger partial charge on any atom is 0.260 e. The van der Waals surface area contributed by atoms with Crippen molar-refractivity contribution in [2.75, 3.05) is 17.6 Å². The number of hydrogen-bond donors (Lipinski definition) is 4. The van der Waals surface area contributed by atoms with E-state index in [0.717, 1.165) is 11.3 Å². The first kappa shape index (κ1) is 13.3. The number of amides is 2. The van der Waals surface area contributed by atoms with Crippen LogP contribution < -0.4 is 22.5 Å². The summed E-state index contributed by atoms with van der Waals surface area (Å²) in [6, 6.07) is 0. The monoisotopic (exact) mass is 256 g/mol. The van der Waals surface area contributed by atoms with Crippen LogP contribution in [0.2, 0.25) is 0 Å². The summed E-state index contributed by atoms with van der Waals surface area (Å²) >= 11 is 1.05. The van der Waals surface area contributed by atoms with Gasteiger partial charge < -0.3 is 22.5 Å². The van der Waals surface area contributed by atoms with Crippen molar-refractivity contribution in [1.29, 1.82) is 0 Å². The van der Waals surface area contributed by atoms with E-state index in [1.807, 2.05) is 13.8 Å². The SMILES string of the molecule is CC(C)CNc1sc(C(N)=O)c(N)c1C(N)=O. The van der Waals surface area contributed by atoms with E-state index in [4.69, 9.17) is 17.2 Å². The predicted octanol–water partition coefficient (Wildman–Crippen LogP) is 0.596. The van der Waals surface area contributed by atoms with Crippen LogP contribution in [0.5, 0.6) is 0 Å². The van der Waals surface area contributed by atoms with Gasteiger partial charge in [0.15, 0.2) is 0 Å². The third-order valence-corrected chi connectivity index (χ3v) is 3.26. The predicted molar refractivity (Wildman–Crippen MR) is 69.1 cm³/mol.